The smallest absolute Gasteiger partial charge is 0.303 e. The van der Waals surface area contributed by atoms with Gasteiger partial charge < -0.3 is 10.8 Å². The van der Waals surface area contributed by atoms with Crippen molar-refractivity contribution in [2.24, 2.45) is 57.9 Å². The SMILES string of the molecule is CC(CCC(=O)O)[C@H]1CCC2C3CC[C@@]4(N)CC(CNNN)CC[C@]4(C)C3CC[C@@]21C. The van der Waals surface area contributed by atoms with Crippen molar-refractivity contribution in [1.29, 1.82) is 0 Å². The van der Waals surface area contributed by atoms with Gasteiger partial charge >= 0.3 is 5.97 Å². The van der Waals surface area contributed by atoms with Gasteiger partial charge in [0.15, 0.2) is 0 Å². The molecule has 0 aromatic heterocycles. The summed E-state index contributed by atoms with van der Waals surface area (Å²) < 4.78 is 0. The Morgan fingerprint density at radius 3 is 2.58 bits per heavy atom. The predicted molar refractivity (Wildman–Crippen MR) is 123 cm³/mol. The molecule has 0 bridgehead atoms. The fraction of sp³-hybridized carbons (Fsp3) is 0.960. The van der Waals surface area contributed by atoms with E-state index in [1.54, 1.807) is 0 Å². The van der Waals surface area contributed by atoms with E-state index in [4.69, 9.17) is 16.7 Å². The van der Waals surface area contributed by atoms with Gasteiger partial charge in [0.05, 0.1) is 0 Å². The summed E-state index contributed by atoms with van der Waals surface area (Å²) in [6.07, 6.45) is 12.4. The van der Waals surface area contributed by atoms with Gasteiger partial charge in [0.2, 0.25) is 0 Å². The van der Waals surface area contributed by atoms with Crippen molar-refractivity contribution < 1.29 is 9.90 Å². The average Bonchev–Trinajstić information content (AvgIpc) is 3.08. The van der Waals surface area contributed by atoms with Crippen LogP contribution in [0.4, 0.5) is 0 Å². The molecule has 5 unspecified atom stereocenters. The van der Waals surface area contributed by atoms with E-state index in [9.17, 15) is 4.79 Å². The Morgan fingerprint density at radius 1 is 1.10 bits per heavy atom. The maximum atomic E-state index is 11.1. The lowest BCUT2D eigenvalue weighted by Gasteiger charge is -2.65. The third-order valence-electron chi connectivity index (χ3n) is 11.1. The molecule has 4 aliphatic carbocycles. The van der Waals surface area contributed by atoms with Crippen LogP contribution in [0, 0.1) is 46.3 Å². The molecule has 4 rings (SSSR count). The summed E-state index contributed by atoms with van der Waals surface area (Å²) in [7, 11) is 0. The highest BCUT2D eigenvalue weighted by Crippen LogP contribution is 2.69. The molecule has 9 atom stereocenters. The molecule has 0 amide bonds. The van der Waals surface area contributed by atoms with Crippen LogP contribution in [0.15, 0.2) is 0 Å². The Hall–Kier alpha value is -0.690. The van der Waals surface area contributed by atoms with Gasteiger partial charge in [-0.3, -0.25) is 10.6 Å². The van der Waals surface area contributed by atoms with Crippen LogP contribution >= 0.6 is 0 Å². The van der Waals surface area contributed by atoms with Gasteiger partial charge in [-0.1, -0.05) is 20.8 Å². The van der Waals surface area contributed by atoms with Crippen LogP contribution in [0.2, 0.25) is 0 Å². The van der Waals surface area contributed by atoms with Gasteiger partial charge in [-0.2, -0.15) is 5.53 Å². The van der Waals surface area contributed by atoms with Crippen LogP contribution in [0.3, 0.4) is 0 Å². The highest BCUT2D eigenvalue weighted by molar-refractivity contribution is 5.66. The summed E-state index contributed by atoms with van der Waals surface area (Å²) in [6.45, 7) is 8.29. The first-order valence-electron chi connectivity index (χ1n) is 12.8. The number of carbonyl (C=O) groups is 1. The molecule has 0 aliphatic heterocycles. The summed E-state index contributed by atoms with van der Waals surface area (Å²) in [5.41, 5.74) is 13.5. The molecule has 6 nitrogen and oxygen atoms in total. The number of carboxylic acid groups (broad SMARTS) is 1. The Labute approximate surface area is 188 Å². The molecule has 4 aliphatic rings. The number of hydrogen-bond donors (Lipinski definition) is 5. The minimum Gasteiger partial charge on any atom is -0.481 e. The molecule has 0 aromatic carbocycles. The predicted octanol–water partition coefficient (Wildman–Crippen LogP) is 3.81. The van der Waals surface area contributed by atoms with Crippen LogP contribution < -0.4 is 22.5 Å². The largest absolute Gasteiger partial charge is 0.481 e. The lowest BCUT2D eigenvalue weighted by atomic mass is 9.41. The Bertz CT molecular complexity index is 674. The second-order valence-electron chi connectivity index (χ2n) is 12.3. The van der Waals surface area contributed by atoms with Gasteiger partial charge in [-0.25, -0.2) is 5.43 Å². The van der Waals surface area contributed by atoms with Crippen LogP contribution in [0.1, 0.15) is 91.4 Å². The van der Waals surface area contributed by atoms with Crippen molar-refractivity contribution in [2.75, 3.05) is 6.54 Å². The second-order valence-corrected chi connectivity index (χ2v) is 12.3. The normalized spacial score (nSPS) is 47.8. The van der Waals surface area contributed by atoms with E-state index in [2.05, 4.69) is 31.7 Å². The lowest BCUT2D eigenvalue weighted by Crippen LogP contribution is -2.67. The Balaban J connectivity index is 1.49. The summed E-state index contributed by atoms with van der Waals surface area (Å²) in [6, 6.07) is 0. The van der Waals surface area contributed by atoms with Gasteiger partial charge in [0.1, 0.15) is 0 Å². The number of hydrazine groups is 2. The molecular formula is C25H46N4O2. The maximum absolute atomic E-state index is 11.1. The topological polar surface area (TPSA) is 113 Å². The zero-order valence-corrected chi connectivity index (χ0v) is 20.0. The van der Waals surface area contributed by atoms with Gasteiger partial charge in [0, 0.05) is 18.5 Å². The van der Waals surface area contributed by atoms with E-state index in [0.717, 1.165) is 43.6 Å². The number of carboxylic acids is 1. The lowest BCUT2D eigenvalue weighted by molar-refractivity contribution is -0.138. The average molecular weight is 435 g/mol. The van der Waals surface area contributed by atoms with E-state index >= 15 is 0 Å². The highest BCUT2D eigenvalue weighted by Gasteiger charge is 2.63. The Kier molecular flexibility index (Phi) is 6.50. The van der Waals surface area contributed by atoms with Crippen LogP contribution in [0.25, 0.3) is 0 Å². The van der Waals surface area contributed by atoms with E-state index in [-0.39, 0.29) is 11.0 Å². The zero-order valence-electron chi connectivity index (χ0n) is 20.0. The standard InChI is InChI=1S/C25H46N4O2/c1-16(4-7-22(30)31)19-5-6-20-18-9-13-25(26)14-17(15-28-29-27)8-12-24(25,3)21(18)10-11-23(19,20)2/h16-21,28-29H,4-15,26-27H2,1-3H3,(H,30,31)/t16?,17?,18?,19-,20?,21?,23-,24-,25-/m1/s1. The number of fused-ring (bicyclic) bond motifs is 5. The first-order chi connectivity index (χ1) is 14.6. The van der Waals surface area contributed by atoms with Crippen LogP contribution in [0.5, 0.6) is 0 Å². The highest BCUT2D eigenvalue weighted by atomic mass is 16.4. The Morgan fingerprint density at radius 2 is 1.87 bits per heavy atom. The van der Waals surface area contributed by atoms with Crippen molar-refractivity contribution in [2.45, 2.75) is 96.9 Å². The summed E-state index contributed by atoms with van der Waals surface area (Å²) in [5, 5.41) is 9.16. The molecule has 6 heteroatoms. The molecule has 4 saturated carbocycles. The minimum atomic E-state index is -0.650. The van der Waals surface area contributed by atoms with Crippen molar-refractivity contribution in [3.63, 3.8) is 0 Å². The van der Waals surface area contributed by atoms with Gasteiger partial charge in [-0.15, -0.1) is 0 Å². The number of rotatable bonds is 7. The van der Waals surface area contributed by atoms with E-state index < -0.39 is 5.97 Å². The molecule has 31 heavy (non-hydrogen) atoms. The number of nitrogens with one attached hydrogen (secondary N) is 2. The molecule has 0 spiro atoms. The fourth-order valence-electron chi connectivity index (χ4n) is 9.36. The minimum absolute atomic E-state index is 0.0477. The van der Waals surface area contributed by atoms with E-state index in [1.165, 1.54) is 44.9 Å². The van der Waals surface area contributed by atoms with Crippen LogP contribution in [-0.2, 0) is 4.79 Å². The van der Waals surface area contributed by atoms with Crippen molar-refractivity contribution in [3.05, 3.63) is 0 Å². The molecule has 7 N–H and O–H groups in total. The third kappa shape index (κ3) is 3.85. The maximum Gasteiger partial charge on any atom is 0.303 e. The molecule has 4 fully saturated rings. The monoisotopic (exact) mass is 434 g/mol. The quantitative estimate of drug-likeness (QED) is 0.308. The molecule has 0 saturated heterocycles. The fourth-order valence-corrected chi connectivity index (χ4v) is 9.36. The third-order valence-corrected chi connectivity index (χ3v) is 11.1. The molecule has 0 radical (unpaired) electrons. The van der Waals surface area contributed by atoms with E-state index in [1.807, 2.05) is 0 Å². The first kappa shape index (κ1) is 23.5. The second kappa shape index (κ2) is 8.58. The summed E-state index contributed by atoms with van der Waals surface area (Å²) in [5.74, 6) is 8.92. The number of nitrogens with two attached hydrogens (primary N) is 2. The molecular weight excluding hydrogens is 388 g/mol. The summed E-state index contributed by atoms with van der Waals surface area (Å²) in [4.78, 5) is 11.1. The van der Waals surface area contributed by atoms with Crippen LogP contribution in [-0.4, -0.2) is 23.2 Å². The van der Waals surface area contributed by atoms with Crippen molar-refractivity contribution in [1.82, 2.24) is 11.0 Å². The van der Waals surface area contributed by atoms with E-state index in [0.29, 0.717) is 29.6 Å². The zero-order chi connectivity index (χ0) is 22.4. The number of hydrogen-bond acceptors (Lipinski definition) is 5. The molecule has 178 valence electrons. The van der Waals surface area contributed by atoms with Crippen molar-refractivity contribution in [3.8, 4) is 0 Å². The van der Waals surface area contributed by atoms with Crippen molar-refractivity contribution >= 4 is 5.97 Å². The molecule has 0 aromatic rings. The van der Waals surface area contributed by atoms with Gasteiger partial charge in [0.25, 0.3) is 0 Å². The molecule has 0 heterocycles. The van der Waals surface area contributed by atoms with Gasteiger partial charge in [-0.05, 0) is 111 Å². The first-order valence-corrected chi connectivity index (χ1v) is 12.8. The summed E-state index contributed by atoms with van der Waals surface area (Å²) >= 11 is 0. The number of aliphatic carboxylic acids is 1.